The van der Waals surface area contributed by atoms with Crippen LogP contribution in [0.3, 0.4) is 0 Å². The van der Waals surface area contributed by atoms with Gasteiger partial charge < -0.3 is 19.5 Å². The monoisotopic (exact) mass is 355 g/mol. The highest BCUT2D eigenvalue weighted by Gasteiger charge is 2.19. The van der Waals surface area contributed by atoms with Gasteiger partial charge in [-0.25, -0.2) is 0 Å². The molecule has 3 rings (SSSR count). The van der Waals surface area contributed by atoms with Crippen LogP contribution in [0.15, 0.2) is 36.4 Å². The third kappa shape index (κ3) is 4.10. The van der Waals surface area contributed by atoms with E-state index in [0.717, 1.165) is 16.9 Å². The lowest BCUT2D eigenvalue weighted by Crippen LogP contribution is -2.30. The van der Waals surface area contributed by atoms with E-state index in [0.29, 0.717) is 36.3 Å². The van der Waals surface area contributed by atoms with Gasteiger partial charge in [0.15, 0.2) is 17.6 Å². The van der Waals surface area contributed by atoms with E-state index < -0.39 is 6.10 Å². The van der Waals surface area contributed by atoms with Gasteiger partial charge in [0, 0.05) is 11.8 Å². The van der Waals surface area contributed by atoms with Crippen LogP contribution in [0.2, 0.25) is 0 Å². The second-order valence-corrected chi connectivity index (χ2v) is 6.80. The first-order valence-electron chi connectivity index (χ1n) is 8.92. The van der Waals surface area contributed by atoms with E-state index in [9.17, 15) is 4.79 Å². The van der Waals surface area contributed by atoms with Crippen LogP contribution in [0.25, 0.3) is 0 Å². The molecule has 1 N–H and O–H groups in total. The van der Waals surface area contributed by atoms with Crippen molar-refractivity contribution in [2.75, 3.05) is 18.5 Å². The Balaban J connectivity index is 1.70. The number of nitrogens with one attached hydrogen (secondary N) is 1. The first kappa shape index (κ1) is 18.1. The average Bonchev–Trinajstić information content (AvgIpc) is 2.61. The van der Waals surface area contributed by atoms with Gasteiger partial charge >= 0.3 is 0 Å². The Hall–Kier alpha value is -2.69. The fraction of sp³-hybridized carbons (Fsp3) is 0.381. The van der Waals surface area contributed by atoms with Crippen LogP contribution in [0.4, 0.5) is 5.69 Å². The zero-order chi connectivity index (χ0) is 18.7. The summed E-state index contributed by atoms with van der Waals surface area (Å²) in [6.45, 7) is 9.03. The largest absolute Gasteiger partial charge is 0.486 e. The minimum Gasteiger partial charge on any atom is -0.486 e. The molecule has 5 heteroatoms. The third-order valence-corrected chi connectivity index (χ3v) is 4.27. The van der Waals surface area contributed by atoms with Crippen molar-refractivity contribution in [2.24, 2.45) is 0 Å². The highest BCUT2D eigenvalue weighted by Crippen LogP contribution is 2.33. The number of aryl methyl sites for hydroxylation is 1. The van der Waals surface area contributed by atoms with E-state index in [1.165, 1.54) is 0 Å². The summed E-state index contributed by atoms with van der Waals surface area (Å²) in [6.07, 6.45) is -0.623. The fourth-order valence-corrected chi connectivity index (χ4v) is 2.83. The van der Waals surface area contributed by atoms with E-state index in [2.05, 4.69) is 31.3 Å². The molecule has 5 nitrogen and oxygen atoms in total. The van der Waals surface area contributed by atoms with Crippen LogP contribution in [0.5, 0.6) is 17.2 Å². The van der Waals surface area contributed by atoms with Gasteiger partial charge in [-0.2, -0.15) is 0 Å². The normalized spacial score (nSPS) is 14.0. The number of hydrogen-bond donors (Lipinski definition) is 1. The molecule has 0 radical (unpaired) electrons. The molecular weight excluding hydrogens is 330 g/mol. The van der Waals surface area contributed by atoms with Gasteiger partial charge in [-0.05, 0) is 49.1 Å². The fourth-order valence-electron chi connectivity index (χ4n) is 2.83. The molecule has 1 atom stereocenters. The molecule has 0 bridgehead atoms. The lowest BCUT2D eigenvalue weighted by atomic mass is 10.0. The number of fused-ring (bicyclic) bond motifs is 1. The number of carbonyl (C=O) groups is 1. The van der Waals surface area contributed by atoms with Crippen LogP contribution in [-0.4, -0.2) is 25.2 Å². The van der Waals surface area contributed by atoms with Crippen LogP contribution in [0.1, 0.15) is 37.8 Å². The van der Waals surface area contributed by atoms with E-state index in [1.807, 2.05) is 13.0 Å². The second-order valence-electron chi connectivity index (χ2n) is 6.80. The van der Waals surface area contributed by atoms with Gasteiger partial charge in [-0.3, -0.25) is 4.79 Å². The van der Waals surface area contributed by atoms with Gasteiger partial charge in [0.2, 0.25) is 0 Å². The zero-order valence-corrected chi connectivity index (χ0v) is 15.7. The number of carbonyl (C=O) groups excluding carboxylic acids is 1. The van der Waals surface area contributed by atoms with Gasteiger partial charge in [0.05, 0.1) is 0 Å². The number of amides is 1. The molecule has 1 unspecified atom stereocenters. The van der Waals surface area contributed by atoms with Crippen molar-refractivity contribution in [3.63, 3.8) is 0 Å². The SMILES string of the molecule is Cc1ccc(C(C)C)c(OC(C)C(=O)Nc2ccc3c(c2)OCCO3)c1. The average molecular weight is 355 g/mol. The first-order valence-corrected chi connectivity index (χ1v) is 8.92. The van der Waals surface area contributed by atoms with Crippen LogP contribution >= 0.6 is 0 Å². The minimum atomic E-state index is -0.623. The summed E-state index contributed by atoms with van der Waals surface area (Å²) in [5.74, 6) is 2.20. The van der Waals surface area contributed by atoms with Gasteiger partial charge in [-0.1, -0.05) is 26.0 Å². The van der Waals surface area contributed by atoms with Crippen molar-refractivity contribution < 1.29 is 19.0 Å². The summed E-state index contributed by atoms with van der Waals surface area (Å²) in [7, 11) is 0. The molecule has 1 aliphatic rings. The summed E-state index contributed by atoms with van der Waals surface area (Å²) in [5, 5.41) is 2.88. The predicted octanol–water partition coefficient (Wildman–Crippen LogP) is 4.30. The lowest BCUT2D eigenvalue weighted by Gasteiger charge is -2.21. The van der Waals surface area contributed by atoms with E-state index in [1.54, 1.807) is 25.1 Å². The Labute approximate surface area is 154 Å². The van der Waals surface area contributed by atoms with Gasteiger partial charge in [-0.15, -0.1) is 0 Å². The Morgan fingerprint density at radius 3 is 2.50 bits per heavy atom. The number of anilines is 1. The molecule has 1 heterocycles. The molecule has 1 aliphatic heterocycles. The van der Waals surface area contributed by atoms with Crippen LogP contribution < -0.4 is 19.5 Å². The van der Waals surface area contributed by atoms with Crippen molar-refractivity contribution in [2.45, 2.75) is 39.7 Å². The van der Waals surface area contributed by atoms with Crippen molar-refractivity contribution in [3.8, 4) is 17.2 Å². The van der Waals surface area contributed by atoms with Crippen LogP contribution in [0, 0.1) is 6.92 Å². The molecule has 2 aromatic carbocycles. The van der Waals surface area contributed by atoms with Gasteiger partial charge in [0.25, 0.3) is 5.91 Å². The molecule has 0 fully saturated rings. The summed E-state index contributed by atoms with van der Waals surface area (Å²) in [4.78, 5) is 12.5. The van der Waals surface area contributed by atoms with Crippen molar-refractivity contribution in [1.82, 2.24) is 0 Å². The van der Waals surface area contributed by atoms with E-state index in [4.69, 9.17) is 14.2 Å². The van der Waals surface area contributed by atoms with Crippen molar-refractivity contribution in [1.29, 1.82) is 0 Å². The molecule has 0 saturated heterocycles. The second kappa shape index (κ2) is 7.68. The van der Waals surface area contributed by atoms with Crippen LogP contribution in [-0.2, 0) is 4.79 Å². The molecule has 138 valence electrons. The Bertz CT molecular complexity index is 801. The molecule has 0 saturated carbocycles. The summed E-state index contributed by atoms with van der Waals surface area (Å²) >= 11 is 0. The standard InChI is InChI=1S/C21H25NO4/c1-13(2)17-7-5-14(3)11-19(17)26-15(4)21(23)22-16-6-8-18-20(12-16)25-10-9-24-18/h5-8,11-13,15H,9-10H2,1-4H3,(H,22,23). The highest BCUT2D eigenvalue weighted by molar-refractivity contribution is 5.94. The summed E-state index contributed by atoms with van der Waals surface area (Å²) in [5.41, 5.74) is 2.85. The Morgan fingerprint density at radius 1 is 1.04 bits per heavy atom. The predicted molar refractivity (Wildman–Crippen MR) is 101 cm³/mol. The van der Waals surface area contributed by atoms with Gasteiger partial charge in [0.1, 0.15) is 19.0 Å². The zero-order valence-electron chi connectivity index (χ0n) is 15.7. The molecule has 1 amide bonds. The molecular formula is C21H25NO4. The number of ether oxygens (including phenoxy) is 3. The quantitative estimate of drug-likeness (QED) is 0.869. The molecule has 0 aliphatic carbocycles. The minimum absolute atomic E-state index is 0.210. The lowest BCUT2D eigenvalue weighted by molar-refractivity contribution is -0.122. The number of benzene rings is 2. The van der Waals surface area contributed by atoms with Crippen molar-refractivity contribution >= 4 is 11.6 Å². The molecule has 2 aromatic rings. The molecule has 26 heavy (non-hydrogen) atoms. The Kier molecular flexibility index (Phi) is 5.35. The van der Waals surface area contributed by atoms with E-state index >= 15 is 0 Å². The van der Waals surface area contributed by atoms with E-state index in [-0.39, 0.29) is 5.91 Å². The maximum absolute atomic E-state index is 12.5. The number of rotatable bonds is 5. The van der Waals surface area contributed by atoms with Crippen molar-refractivity contribution in [3.05, 3.63) is 47.5 Å². The summed E-state index contributed by atoms with van der Waals surface area (Å²) in [6, 6.07) is 11.5. The topological polar surface area (TPSA) is 56.8 Å². The summed E-state index contributed by atoms with van der Waals surface area (Å²) < 4.78 is 17.0. The third-order valence-electron chi connectivity index (χ3n) is 4.27. The maximum atomic E-state index is 12.5. The smallest absolute Gasteiger partial charge is 0.265 e. The highest BCUT2D eigenvalue weighted by atomic mass is 16.6. The Morgan fingerprint density at radius 2 is 1.77 bits per heavy atom. The number of hydrogen-bond acceptors (Lipinski definition) is 4. The maximum Gasteiger partial charge on any atom is 0.265 e. The first-order chi connectivity index (χ1) is 12.4. The molecule has 0 spiro atoms. The molecule has 0 aromatic heterocycles.